The number of thiazole rings is 1. The van der Waals surface area contributed by atoms with E-state index in [1.165, 1.54) is 11.1 Å². The largest absolute Gasteiger partial charge is 0.392 e. The monoisotopic (exact) mass is 302 g/mol. The highest BCUT2D eigenvalue weighted by Crippen LogP contribution is 2.26. The summed E-state index contributed by atoms with van der Waals surface area (Å²) in [6.45, 7) is 7.01. The van der Waals surface area contributed by atoms with Crippen LogP contribution in [-0.4, -0.2) is 34.2 Å². The summed E-state index contributed by atoms with van der Waals surface area (Å²) in [7, 11) is 0. The second-order valence-electron chi connectivity index (χ2n) is 6.10. The zero-order valence-electron chi connectivity index (χ0n) is 12.6. The fourth-order valence-corrected chi connectivity index (χ4v) is 3.52. The van der Waals surface area contributed by atoms with E-state index in [4.69, 9.17) is 4.98 Å². The molecule has 0 aliphatic carbocycles. The number of aromatic nitrogens is 1. The van der Waals surface area contributed by atoms with Crippen molar-refractivity contribution >= 4 is 11.3 Å². The van der Waals surface area contributed by atoms with Gasteiger partial charge in [0.05, 0.1) is 11.8 Å². The van der Waals surface area contributed by atoms with Crippen LogP contribution in [0.1, 0.15) is 37.4 Å². The van der Waals surface area contributed by atoms with Crippen molar-refractivity contribution in [2.75, 3.05) is 13.1 Å². The van der Waals surface area contributed by atoms with Crippen molar-refractivity contribution in [2.24, 2.45) is 0 Å². The van der Waals surface area contributed by atoms with E-state index >= 15 is 0 Å². The van der Waals surface area contributed by atoms with Crippen molar-refractivity contribution in [1.82, 2.24) is 9.88 Å². The molecule has 1 aliphatic rings. The predicted octanol–water partition coefficient (Wildman–Crippen LogP) is 3.50. The lowest BCUT2D eigenvalue weighted by molar-refractivity contribution is 0.174. The second kappa shape index (κ2) is 6.26. The van der Waals surface area contributed by atoms with Gasteiger partial charge < -0.3 is 5.11 Å². The van der Waals surface area contributed by atoms with E-state index in [0.29, 0.717) is 5.92 Å². The number of nitrogens with zero attached hydrogens (tertiary/aromatic N) is 2. The van der Waals surface area contributed by atoms with Crippen LogP contribution in [0.15, 0.2) is 29.6 Å². The molecule has 0 radical (unpaired) electrons. The van der Waals surface area contributed by atoms with Gasteiger partial charge in [0.1, 0.15) is 5.01 Å². The number of β-amino-alcohol motifs (C(OH)–C–C–N with tert-alkyl or cyclic N) is 1. The summed E-state index contributed by atoms with van der Waals surface area (Å²) in [6.07, 6.45) is 0.722. The molecular weight excluding hydrogens is 280 g/mol. The van der Waals surface area contributed by atoms with Crippen LogP contribution in [-0.2, 0) is 6.54 Å². The molecule has 1 saturated heterocycles. The molecule has 1 aliphatic heterocycles. The summed E-state index contributed by atoms with van der Waals surface area (Å²) in [5.41, 5.74) is 3.66. The number of hydrogen-bond acceptors (Lipinski definition) is 4. The third-order valence-corrected chi connectivity index (χ3v) is 4.95. The third kappa shape index (κ3) is 3.51. The van der Waals surface area contributed by atoms with Crippen molar-refractivity contribution in [3.63, 3.8) is 0 Å². The average molecular weight is 302 g/mol. The van der Waals surface area contributed by atoms with Crippen LogP contribution in [0.5, 0.6) is 0 Å². The van der Waals surface area contributed by atoms with Gasteiger partial charge in [-0.1, -0.05) is 38.1 Å². The van der Waals surface area contributed by atoms with E-state index in [1.807, 2.05) is 0 Å². The van der Waals surface area contributed by atoms with Crippen molar-refractivity contribution < 1.29 is 5.11 Å². The molecule has 0 bridgehead atoms. The number of likely N-dealkylation sites (tertiary alicyclic amines) is 1. The Morgan fingerprint density at radius 2 is 2.10 bits per heavy atom. The summed E-state index contributed by atoms with van der Waals surface area (Å²) < 4.78 is 0. The Morgan fingerprint density at radius 1 is 1.33 bits per heavy atom. The Morgan fingerprint density at radius 3 is 2.71 bits per heavy atom. The van der Waals surface area contributed by atoms with E-state index in [9.17, 15) is 5.11 Å². The summed E-state index contributed by atoms with van der Waals surface area (Å²) in [6, 6.07) is 8.71. The molecule has 0 saturated carbocycles. The Hall–Kier alpha value is -1.23. The first-order chi connectivity index (χ1) is 10.1. The Labute approximate surface area is 130 Å². The van der Waals surface area contributed by atoms with E-state index < -0.39 is 0 Å². The zero-order chi connectivity index (χ0) is 14.8. The molecule has 21 heavy (non-hydrogen) atoms. The van der Waals surface area contributed by atoms with Crippen molar-refractivity contribution in [3.8, 4) is 10.6 Å². The zero-order valence-corrected chi connectivity index (χ0v) is 13.4. The molecule has 4 heteroatoms. The van der Waals surface area contributed by atoms with Crippen molar-refractivity contribution in [2.45, 2.75) is 38.8 Å². The van der Waals surface area contributed by atoms with E-state index in [0.717, 1.165) is 36.8 Å². The van der Waals surface area contributed by atoms with Crippen LogP contribution < -0.4 is 0 Å². The van der Waals surface area contributed by atoms with Gasteiger partial charge in [-0.15, -0.1) is 11.3 Å². The molecule has 2 aromatic rings. The van der Waals surface area contributed by atoms with Crippen LogP contribution in [0.2, 0.25) is 0 Å². The molecule has 1 N–H and O–H groups in total. The standard InChI is InChI=1S/C17H22N2OS/c1-12(2)13-3-5-14(6-4-13)17-18-15(11-21-17)9-19-8-7-16(20)10-19/h3-6,11-12,16,20H,7-10H2,1-2H3/t16-/m0/s1. The molecule has 3 rings (SSSR count). The number of aliphatic hydroxyl groups is 1. The number of benzene rings is 1. The maximum Gasteiger partial charge on any atom is 0.123 e. The second-order valence-corrected chi connectivity index (χ2v) is 6.96. The van der Waals surface area contributed by atoms with Gasteiger partial charge in [-0.25, -0.2) is 4.98 Å². The molecule has 0 amide bonds. The van der Waals surface area contributed by atoms with Crippen LogP contribution in [0, 0.1) is 0 Å². The fourth-order valence-electron chi connectivity index (χ4n) is 2.71. The van der Waals surface area contributed by atoms with Crippen molar-refractivity contribution in [1.29, 1.82) is 0 Å². The first kappa shape index (κ1) is 14.7. The van der Waals surface area contributed by atoms with Gasteiger partial charge >= 0.3 is 0 Å². The predicted molar refractivity (Wildman–Crippen MR) is 87.5 cm³/mol. The molecule has 112 valence electrons. The molecule has 1 fully saturated rings. The maximum atomic E-state index is 9.57. The minimum absolute atomic E-state index is 0.160. The summed E-state index contributed by atoms with van der Waals surface area (Å²) in [4.78, 5) is 7.01. The average Bonchev–Trinajstić information content (AvgIpc) is 3.09. The fraction of sp³-hybridized carbons (Fsp3) is 0.471. The minimum atomic E-state index is -0.160. The molecule has 3 nitrogen and oxygen atoms in total. The van der Waals surface area contributed by atoms with Crippen LogP contribution in [0.4, 0.5) is 0 Å². The van der Waals surface area contributed by atoms with Gasteiger partial charge in [0.15, 0.2) is 0 Å². The summed E-state index contributed by atoms with van der Waals surface area (Å²) in [5.74, 6) is 0.562. The molecule has 1 aromatic carbocycles. The molecule has 1 aromatic heterocycles. The summed E-state index contributed by atoms with van der Waals surface area (Å²) >= 11 is 1.70. The lowest BCUT2D eigenvalue weighted by atomic mass is 10.0. The van der Waals surface area contributed by atoms with Crippen molar-refractivity contribution in [3.05, 3.63) is 40.9 Å². The maximum absolute atomic E-state index is 9.57. The first-order valence-corrected chi connectivity index (χ1v) is 8.45. The van der Waals surface area contributed by atoms with Gasteiger partial charge in [-0.3, -0.25) is 4.90 Å². The van der Waals surface area contributed by atoms with Gasteiger partial charge in [0.25, 0.3) is 0 Å². The Kier molecular flexibility index (Phi) is 4.38. The highest BCUT2D eigenvalue weighted by Gasteiger charge is 2.20. The van der Waals surface area contributed by atoms with Crippen LogP contribution in [0.25, 0.3) is 10.6 Å². The highest BCUT2D eigenvalue weighted by atomic mass is 32.1. The lowest BCUT2D eigenvalue weighted by Crippen LogP contribution is -2.21. The molecule has 1 atom stereocenters. The third-order valence-electron chi connectivity index (χ3n) is 4.01. The van der Waals surface area contributed by atoms with Gasteiger partial charge in [0, 0.05) is 30.6 Å². The molecule has 2 heterocycles. The highest BCUT2D eigenvalue weighted by molar-refractivity contribution is 7.13. The summed E-state index contributed by atoms with van der Waals surface area (Å²) in [5, 5.41) is 12.8. The molecule has 0 spiro atoms. The Balaban J connectivity index is 1.69. The quantitative estimate of drug-likeness (QED) is 0.939. The van der Waals surface area contributed by atoms with E-state index in [1.54, 1.807) is 11.3 Å². The normalized spacial score (nSPS) is 19.5. The van der Waals surface area contributed by atoms with Gasteiger partial charge in [-0.2, -0.15) is 0 Å². The molecule has 0 unspecified atom stereocenters. The number of aliphatic hydroxyl groups excluding tert-OH is 1. The molecular formula is C17H22N2OS. The first-order valence-electron chi connectivity index (χ1n) is 7.57. The van der Waals surface area contributed by atoms with E-state index in [-0.39, 0.29) is 6.10 Å². The Bertz CT molecular complexity index is 591. The number of rotatable bonds is 4. The SMILES string of the molecule is CC(C)c1ccc(-c2nc(CN3CC[C@H](O)C3)cs2)cc1. The topological polar surface area (TPSA) is 36.4 Å². The van der Waals surface area contributed by atoms with Gasteiger partial charge in [-0.05, 0) is 17.9 Å². The van der Waals surface area contributed by atoms with E-state index in [2.05, 4.69) is 48.4 Å². The van der Waals surface area contributed by atoms with Gasteiger partial charge in [0.2, 0.25) is 0 Å². The lowest BCUT2D eigenvalue weighted by Gasteiger charge is -2.12. The smallest absolute Gasteiger partial charge is 0.123 e. The minimum Gasteiger partial charge on any atom is -0.392 e. The van der Waals surface area contributed by atoms with Crippen LogP contribution in [0.3, 0.4) is 0 Å². The number of hydrogen-bond donors (Lipinski definition) is 1. The van der Waals surface area contributed by atoms with Crippen LogP contribution >= 0.6 is 11.3 Å².